The molecule has 0 bridgehead atoms. The fourth-order valence-electron chi connectivity index (χ4n) is 3.12. The molecule has 0 saturated heterocycles. The van der Waals surface area contributed by atoms with E-state index >= 15 is 0 Å². The summed E-state index contributed by atoms with van der Waals surface area (Å²) in [6, 6.07) is 16.0. The van der Waals surface area contributed by atoms with Crippen LogP contribution in [-0.2, 0) is 17.6 Å². The van der Waals surface area contributed by atoms with Crippen LogP contribution in [-0.4, -0.2) is 64.8 Å². The van der Waals surface area contributed by atoms with Crippen LogP contribution in [0.5, 0.6) is 0 Å². The minimum atomic E-state index is -0.0210. The summed E-state index contributed by atoms with van der Waals surface area (Å²) in [5.74, 6) is 0.625. The summed E-state index contributed by atoms with van der Waals surface area (Å²) < 4.78 is 1.84. The molecular formula is C24H32IN7O. The van der Waals surface area contributed by atoms with Crippen LogP contribution in [0.2, 0.25) is 0 Å². The molecule has 3 rings (SSSR count). The van der Waals surface area contributed by atoms with E-state index in [1.54, 1.807) is 24.3 Å². The molecule has 0 aliphatic heterocycles. The molecule has 0 radical (unpaired) electrons. The molecule has 0 spiro atoms. The molecule has 0 unspecified atom stereocenters. The van der Waals surface area contributed by atoms with Crippen molar-refractivity contribution in [3.05, 3.63) is 78.4 Å². The predicted octanol–water partition coefficient (Wildman–Crippen LogP) is 2.68. The zero-order valence-corrected chi connectivity index (χ0v) is 21.5. The third kappa shape index (κ3) is 8.83. The van der Waals surface area contributed by atoms with E-state index in [4.69, 9.17) is 0 Å². The lowest BCUT2D eigenvalue weighted by Gasteiger charge is -2.16. The highest BCUT2D eigenvalue weighted by Gasteiger charge is 2.09. The third-order valence-corrected chi connectivity index (χ3v) is 4.98. The number of hydrogen-bond acceptors (Lipinski definition) is 4. The van der Waals surface area contributed by atoms with Gasteiger partial charge in [-0.1, -0.05) is 18.2 Å². The number of hydrogen-bond donors (Lipinski definition) is 2. The molecular weight excluding hydrogens is 529 g/mol. The maximum absolute atomic E-state index is 12.4. The number of pyridine rings is 1. The fourth-order valence-corrected chi connectivity index (χ4v) is 3.12. The van der Waals surface area contributed by atoms with Crippen molar-refractivity contribution in [2.75, 3.05) is 33.2 Å². The summed E-state index contributed by atoms with van der Waals surface area (Å²) in [7, 11) is 1.80. The summed E-state index contributed by atoms with van der Waals surface area (Å²) >= 11 is 0. The van der Waals surface area contributed by atoms with Crippen LogP contribution in [0.3, 0.4) is 0 Å². The van der Waals surface area contributed by atoms with E-state index < -0.39 is 0 Å². The molecule has 9 heteroatoms. The lowest BCUT2D eigenvalue weighted by Crippen LogP contribution is -2.39. The predicted molar refractivity (Wildman–Crippen MR) is 142 cm³/mol. The highest BCUT2D eigenvalue weighted by Crippen LogP contribution is 2.08. The number of nitrogens with one attached hydrogen (secondary N) is 2. The van der Waals surface area contributed by atoms with Gasteiger partial charge >= 0.3 is 0 Å². The quantitative estimate of drug-likeness (QED) is 0.226. The van der Waals surface area contributed by atoms with Crippen molar-refractivity contribution in [3.8, 4) is 5.69 Å². The van der Waals surface area contributed by atoms with E-state index in [0.29, 0.717) is 12.5 Å². The Morgan fingerprint density at radius 3 is 2.55 bits per heavy atom. The molecule has 0 saturated carbocycles. The first-order valence-electron chi connectivity index (χ1n) is 10.9. The summed E-state index contributed by atoms with van der Waals surface area (Å²) in [5.41, 5.74) is 3.23. The van der Waals surface area contributed by atoms with Gasteiger partial charge in [-0.15, -0.1) is 24.0 Å². The number of aliphatic imine (C=N–C) groups is 1. The van der Waals surface area contributed by atoms with Crippen LogP contribution in [0.1, 0.15) is 18.2 Å². The van der Waals surface area contributed by atoms with Gasteiger partial charge in [-0.05, 0) is 49.2 Å². The van der Waals surface area contributed by atoms with Gasteiger partial charge in [0, 0.05) is 57.4 Å². The standard InChI is InChI=1S/C24H31N7O.HI/c1-3-25-24(28-19-23(32)30(2)18-13-21-7-4-5-14-26-21)27-16-12-20-8-10-22(11-9-20)31-17-6-15-29-31;/h4-11,14-15,17H,3,12-13,16,18-19H2,1-2H3,(H2,25,27,28);1H. The summed E-state index contributed by atoms with van der Waals surface area (Å²) in [6.45, 7) is 4.17. The number of aromatic nitrogens is 3. The number of halogens is 1. The minimum absolute atomic E-state index is 0. The number of carbonyl (C=O) groups excluding carboxylic acids is 1. The first-order chi connectivity index (χ1) is 15.7. The number of amides is 1. The van der Waals surface area contributed by atoms with E-state index in [1.165, 1.54) is 5.56 Å². The van der Waals surface area contributed by atoms with Gasteiger partial charge in [0.05, 0.1) is 5.69 Å². The number of likely N-dealkylation sites (N-methyl/N-ethyl adjacent to an activating group) is 1. The Balaban J connectivity index is 0.00000385. The molecule has 8 nitrogen and oxygen atoms in total. The van der Waals surface area contributed by atoms with Gasteiger partial charge in [-0.25, -0.2) is 9.67 Å². The van der Waals surface area contributed by atoms with Crippen molar-refractivity contribution in [2.24, 2.45) is 4.99 Å². The second-order valence-corrected chi connectivity index (χ2v) is 7.38. The van der Waals surface area contributed by atoms with E-state index in [0.717, 1.165) is 37.3 Å². The molecule has 1 aromatic carbocycles. The SMILES string of the molecule is CCNC(=NCC(=O)N(C)CCc1ccccn1)NCCc1ccc(-n2cccn2)cc1.I. The van der Waals surface area contributed by atoms with Crippen molar-refractivity contribution in [1.82, 2.24) is 30.3 Å². The van der Waals surface area contributed by atoms with E-state index in [2.05, 4.69) is 50.0 Å². The number of rotatable bonds is 10. The Labute approximate surface area is 212 Å². The summed E-state index contributed by atoms with van der Waals surface area (Å²) in [5, 5.41) is 10.7. The molecule has 2 aromatic heterocycles. The molecule has 0 fully saturated rings. The van der Waals surface area contributed by atoms with E-state index in [9.17, 15) is 4.79 Å². The average Bonchev–Trinajstić information content (AvgIpc) is 3.37. The fraction of sp³-hybridized carbons (Fsp3) is 0.333. The Morgan fingerprint density at radius 2 is 1.88 bits per heavy atom. The molecule has 3 aromatic rings. The molecule has 176 valence electrons. The Morgan fingerprint density at radius 1 is 1.06 bits per heavy atom. The van der Waals surface area contributed by atoms with Gasteiger partial charge in [0.1, 0.15) is 6.54 Å². The van der Waals surface area contributed by atoms with E-state index in [-0.39, 0.29) is 36.4 Å². The summed E-state index contributed by atoms with van der Waals surface area (Å²) in [6.07, 6.45) is 7.03. The molecule has 0 atom stereocenters. The first kappa shape index (κ1) is 26.3. The number of guanidine groups is 1. The van der Waals surface area contributed by atoms with Crippen molar-refractivity contribution in [1.29, 1.82) is 0 Å². The van der Waals surface area contributed by atoms with Gasteiger partial charge in [0.15, 0.2) is 5.96 Å². The molecule has 33 heavy (non-hydrogen) atoms. The number of carbonyl (C=O) groups is 1. The largest absolute Gasteiger partial charge is 0.357 e. The highest BCUT2D eigenvalue weighted by atomic mass is 127. The maximum Gasteiger partial charge on any atom is 0.244 e. The highest BCUT2D eigenvalue weighted by molar-refractivity contribution is 14.0. The van der Waals surface area contributed by atoms with Crippen molar-refractivity contribution in [3.63, 3.8) is 0 Å². The number of nitrogens with zero attached hydrogens (tertiary/aromatic N) is 5. The third-order valence-electron chi connectivity index (χ3n) is 4.98. The van der Waals surface area contributed by atoms with Crippen molar-refractivity contribution >= 4 is 35.8 Å². The normalized spacial score (nSPS) is 10.9. The number of benzene rings is 1. The van der Waals surface area contributed by atoms with Gasteiger partial charge < -0.3 is 15.5 Å². The maximum atomic E-state index is 12.4. The van der Waals surface area contributed by atoms with Crippen LogP contribution < -0.4 is 10.6 Å². The zero-order valence-electron chi connectivity index (χ0n) is 19.1. The lowest BCUT2D eigenvalue weighted by atomic mass is 10.1. The van der Waals surface area contributed by atoms with E-state index in [1.807, 2.05) is 42.1 Å². The molecule has 2 N–H and O–H groups in total. The van der Waals surface area contributed by atoms with Crippen LogP contribution in [0.15, 0.2) is 72.1 Å². The van der Waals surface area contributed by atoms with Gasteiger partial charge in [0.2, 0.25) is 5.91 Å². The van der Waals surface area contributed by atoms with Gasteiger partial charge in [-0.2, -0.15) is 5.10 Å². The topological polar surface area (TPSA) is 87.4 Å². The Bertz CT molecular complexity index is 976. The van der Waals surface area contributed by atoms with Crippen LogP contribution in [0.4, 0.5) is 0 Å². The summed E-state index contributed by atoms with van der Waals surface area (Å²) in [4.78, 5) is 22.9. The van der Waals surface area contributed by atoms with Gasteiger partial charge in [-0.3, -0.25) is 9.78 Å². The second-order valence-electron chi connectivity index (χ2n) is 7.38. The first-order valence-corrected chi connectivity index (χ1v) is 10.9. The Kier molecular flexibility index (Phi) is 11.4. The van der Waals surface area contributed by atoms with Crippen LogP contribution >= 0.6 is 24.0 Å². The molecule has 0 aliphatic rings. The molecule has 0 aliphatic carbocycles. The van der Waals surface area contributed by atoms with Crippen molar-refractivity contribution < 1.29 is 4.79 Å². The molecule has 1 amide bonds. The van der Waals surface area contributed by atoms with Crippen LogP contribution in [0.25, 0.3) is 5.69 Å². The smallest absolute Gasteiger partial charge is 0.244 e. The van der Waals surface area contributed by atoms with Crippen LogP contribution in [0, 0.1) is 0 Å². The van der Waals surface area contributed by atoms with Gasteiger partial charge in [0.25, 0.3) is 0 Å². The second kappa shape index (κ2) is 14.2. The monoisotopic (exact) mass is 561 g/mol. The van der Waals surface area contributed by atoms with Crippen molar-refractivity contribution in [2.45, 2.75) is 19.8 Å². The minimum Gasteiger partial charge on any atom is -0.357 e. The molecule has 2 heterocycles. The average molecular weight is 561 g/mol. The lowest BCUT2D eigenvalue weighted by molar-refractivity contribution is -0.128. The Hall–Kier alpha value is -2.95. The zero-order chi connectivity index (χ0) is 22.6.